The normalized spacial score (nSPS) is 12.6. The molecule has 0 aliphatic heterocycles. The van der Waals surface area contributed by atoms with Crippen LogP contribution in [0.25, 0.3) is 10.9 Å². The zero-order chi connectivity index (χ0) is 15.0. The van der Waals surface area contributed by atoms with Crippen LogP contribution < -0.4 is 0 Å². The minimum absolute atomic E-state index is 0.600. The van der Waals surface area contributed by atoms with Gasteiger partial charge in [-0.05, 0) is 61.2 Å². The molecule has 1 N–H and O–H groups in total. The molecule has 1 unspecified atom stereocenters. The Morgan fingerprint density at radius 1 is 0.905 bits per heavy atom. The highest BCUT2D eigenvalue weighted by atomic mass is 16.3. The summed E-state index contributed by atoms with van der Waals surface area (Å²) in [5.74, 6) is 0. The maximum absolute atomic E-state index is 10.7. The first-order chi connectivity index (χ1) is 10.1. The lowest BCUT2D eigenvalue weighted by Crippen LogP contribution is -2.04. The molecule has 1 aromatic heterocycles. The third-order valence-electron chi connectivity index (χ3n) is 3.98. The van der Waals surface area contributed by atoms with Gasteiger partial charge < -0.3 is 5.11 Å². The first-order valence-corrected chi connectivity index (χ1v) is 7.18. The van der Waals surface area contributed by atoms with E-state index in [4.69, 9.17) is 0 Å². The van der Waals surface area contributed by atoms with Crippen LogP contribution in [0.5, 0.6) is 0 Å². The van der Waals surface area contributed by atoms with E-state index in [0.717, 1.165) is 38.9 Å². The maximum atomic E-state index is 10.7. The van der Waals surface area contributed by atoms with E-state index in [1.807, 2.05) is 63.2 Å². The Morgan fingerprint density at radius 3 is 2.33 bits per heavy atom. The fourth-order valence-electron chi connectivity index (χ4n) is 2.84. The lowest BCUT2D eigenvalue weighted by atomic mass is 9.93. The molecule has 3 rings (SSSR count). The highest BCUT2D eigenvalue weighted by Gasteiger charge is 2.15. The average molecular weight is 277 g/mol. The number of hydrogen-bond donors (Lipinski definition) is 1. The summed E-state index contributed by atoms with van der Waals surface area (Å²) in [6.07, 6.45) is -0.600. The molecular formula is C19H19NO. The van der Waals surface area contributed by atoms with Crippen molar-refractivity contribution >= 4 is 10.9 Å². The first-order valence-electron chi connectivity index (χ1n) is 7.18. The molecule has 0 spiro atoms. The monoisotopic (exact) mass is 277 g/mol. The van der Waals surface area contributed by atoms with Gasteiger partial charge in [0.1, 0.15) is 6.10 Å². The van der Waals surface area contributed by atoms with Crippen molar-refractivity contribution in [3.8, 4) is 0 Å². The third kappa shape index (κ3) is 2.55. The second-order valence-corrected chi connectivity index (χ2v) is 5.61. The Labute approximate surface area is 125 Å². The number of aromatic nitrogens is 1. The fraction of sp³-hybridized carbons (Fsp3) is 0.211. The molecular weight excluding hydrogens is 258 g/mol. The molecule has 1 atom stereocenters. The van der Waals surface area contributed by atoms with Crippen molar-refractivity contribution in [3.05, 3.63) is 76.5 Å². The molecule has 1 heterocycles. The Balaban J connectivity index is 2.09. The standard InChI is InChI=1S/C19H19NO/c1-12-5-4-6-13(2)18(12)19(21)16-9-10-17-15(11-16)8-7-14(3)20-17/h4-11,19,21H,1-3H3. The van der Waals surface area contributed by atoms with Crippen LogP contribution in [0.15, 0.2) is 48.5 Å². The van der Waals surface area contributed by atoms with Crippen molar-refractivity contribution in [2.75, 3.05) is 0 Å². The molecule has 0 aliphatic rings. The summed E-state index contributed by atoms with van der Waals surface area (Å²) in [5.41, 5.74) is 6.11. The van der Waals surface area contributed by atoms with Crippen LogP contribution in [0.4, 0.5) is 0 Å². The third-order valence-corrected chi connectivity index (χ3v) is 3.98. The van der Waals surface area contributed by atoms with Gasteiger partial charge in [0.25, 0.3) is 0 Å². The Bertz CT molecular complexity index is 788. The van der Waals surface area contributed by atoms with E-state index < -0.39 is 6.10 Å². The van der Waals surface area contributed by atoms with Crippen molar-refractivity contribution in [1.29, 1.82) is 0 Å². The SMILES string of the molecule is Cc1ccc2cc(C(O)c3c(C)cccc3C)ccc2n1. The molecule has 0 radical (unpaired) electrons. The van der Waals surface area contributed by atoms with Crippen molar-refractivity contribution < 1.29 is 5.11 Å². The van der Waals surface area contributed by atoms with Gasteiger partial charge in [-0.15, -0.1) is 0 Å². The molecule has 0 amide bonds. The molecule has 3 aromatic rings. The van der Waals surface area contributed by atoms with E-state index in [2.05, 4.69) is 11.1 Å². The predicted molar refractivity (Wildman–Crippen MR) is 86.5 cm³/mol. The number of aliphatic hydroxyl groups is 1. The van der Waals surface area contributed by atoms with Gasteiger partial charge in [0, 0.05) is 11.1 Å². The second-order valence-electron chi connectivity index (χ2n) is 5.61. The molecule has 2 aromatic carbocycles. The summed E-state index contributed by atoms with van der Waals surface area (Å²) in [6, 6.07) is 16.1. The van der Waals surface area contributed by atoms with Gasteiger partial charge in [-0.1, -0.05) is 30.3 Å². The van der Waals surface area contributed by atoms with Crippen molar-refractivity contribution in [3.63, 3.8) is 0 Å². The van der Waals surface area contributed by atoms with Gasteiger partial charge in [-0.2, -0.15) is 0 Å². The van der Waals surface area contributed by atoms with Crippen LogP contribution in [0.1, 0.15) is 34.1 Å². The van der Waals surface area contributed by atoms with Gasteiger partial charge >= 0.3 is 0 Å². The van der Waals surface area contributed by atoms with Crippen molar-refractivity contribution in [2.24, 2.45) is 0 Å². The van der Waals surface area contributed by atoms with Crippen LogP contribution >= 0.6 is 0 Å². The van der Waals surface area contributed by atoms with E-state index in [9.17, 15) is 5.11 Å². The van der Waals surface area contributed by atoms with Gasteiger partial charge in [0.15, 0.2) is 0 Å². The van der Waals surface area contributed by atoms with Gasteiger partial charge in [-0.3, -0.25) is 4.98 Å². The summed E-state index contributed by atoms with van der Waals surface area (Å²) >= 11 is 0. The molecule has 0 fully saturated rings. The van der Waals surface area contributed by atoms with Crippen LogP contribution in [0, 0.1) is 20.8 Å². The molecule has 2 heteroatoms. The number of nitrogens with zero attached hydrogens (tertiary/aromatic N) is 1. The Morgan fingerprint density at radius 2 is 1.62 bits per heavy atom. The van der Waals surface area contributed by atoms with E-state index in [0.29, 0.717) is 0 Å². The maximum Gasteiger partial charge on any atom is 0.105 e. The molecule has 0 saturated heterocycles. The zero-order valence-corrected chi connectivity index (χ0v) is 12.6. The van der Waals surface area contributed by atoms with E-state index in [-0.39, 0.29) is 0 Å². The lowest BCUT2D eigenvalue weighted by molar-refractivity contribution is 0.219. The summed E-state index contributed by atoms with van der Waals surface area (Å²) in [5, 5.41) is 11.8. The lowest BCUT2D eigenvalue weighted by Gasteiger charge is -2.17. The largest absolute Gasteiger partial charge is 0.384 e. The quantitative estimate of drug-likeness (QED) is 0.760. The predicted octanol–water partition coefficient (Wildman–Crippen LogP) is 4.24. The number of rotatable bonds is 2. The number of aryl methyl sites for hydroxylation is 3. The van der Waals surface area contributed by atoms with Gasteiger partial charge in [0.05, 0.1) is 5.52 Å². The Kier molecular flexibility index (Phi) is 3.48. The minimum atomic E-state index is -0.600. The van der Waals surface area contributed by atoms with Crippen LogP contribution in [0.3, 0.4) is 0 Å². The minimum Gasteiger partial charge on any atom is -0.384 e. The molecule has 21 heavy (non-hydrogen) atoms. The summed E-state index contributed by atoms with van der Waals surface area (Å²) in [4.78, 5) is 4.50. The number of aliphatic hydroxyl groups excluding tert-OH is 1. The summed E-state index contributed by atoms with van der Waals surface area (Å²) in [7, 11) is 0. The Hall–Kier alpha value is -2.19. The van der Waals surface area contributed by atoms with E-state index in [1.54, 1.807) is 0 Å². The van der Waals surface area contributed by atoms with E-state index in [1.165, 1.54) is 0 Å². The van der Waals surface area contributed by atoms with Gasteiger partial charge in [0.2, 0.25) is 0 Å². The number of hydrogen-bond acceptors (Lipinski definition) is 2. The molecule has 0 bridgehead atoms. The molecule has 106 valence electrons. The number of fused-ring (bicyclic) bond motifs is 1. The van der Waals surface area contributed by atoms with Crippen LogP contribution in [0.2, 0.25) is 0 Å². The van der Waals surface area contributed by atoms with Crippen molar-refractivity contribution in [1.82, 2.24) is 4.98 Å². The van der Waals surface area contributed by atoms with Gasteiger partial charge in [-0.25, -0.2) is 0 Å². The molecule has 0 saturated carbocycles. The second kappa shape index (κ2) is 5.30. The number of pyridine rings is 1. The number of benzene rings is 2. The average Bonchev–Trinajstić information content (AvgIpc) is 2.46. The zero-order valence-electron chi connectivity index (χ0n) is 12.6. The fourth-order valence-corrected chi connectivity index (χ4v) is 2.84. The summed E-state index contributed by atoms with van der Waals surface area (Å²) < 4.78 is 0. The highest BCUT2D eigenvalue weighted by molar-refractivity contribution is 5.79. The van der Waals surface area contributed by atoms with Crippen LogP contribution in [-0.4, -0.2) is 10.1 Å². The topological polar surface area (TPSA) is 33.1 Å². The van der Waals surface area contributed by atoms with Crippen molar-refractivity contribution in [2.45, 2.75) is 26.9 Å². The van der Waals surface area contributed by atoms with E-state index >= 15 is 0 Å². The molecule has 2 nitrogen and oxygen atoms in total. The highest BCUT2D eigenvalue weighted by Crippen LogP contribution is 2.29. The van der Waals surface area contributed by atoms with Crippen LogP contribution in [-0.2, 0) is 0 Å². The molecule has 0 aliphatic carbocycles. The smallest absolute Gasteiger partial charge is 0.105 e. The first kappa shape index (κ1) is 13.8. The summed E-state index contributed by atoms with van der Waals surface area (Å²) in [6.45, 7) is 6.06.